The number of rotatable bonds is 5. The van der Waals surface area contributed by atoms with Crippen LogP contribution in [0.3, 0.4) is 0 Å². The lowest BCUT2D eigenvalue weighted by molar-refractivity contribution is 0.0511. The molecule has 2 aromatic carbocycles. The van der Waals surface area contributed by atoms with Gasteiger partial charge >= 0.3 is 0 Å². The van der Waals surface area contributed by atoms with E-state index in [2.05, 4.69) is 19.1 Å². The van der Waals surface area contributed by atoms with E-state index in [0.29, 0.717) is 5.75 Å². The van der Waals surface area contributed by atoms with Crippen molar-refractivity contribution in [1.82, 2.24) is 0 Å². The SMILES string of the molecule is COCOc1ccc(/C(=C2\CCCC(C)C2)c2ccc(O)cc2)cc1. The van der Waals surface area contributed by atoms with Gasteiger partial charge in [-0.15, -0.1) is 0 Å². The van der Waals surface area contributed by atoms with Crippen LogP contribution in [-0.2, 0) is 4.74 Å². The molecule has 1 aliphatic rings. The van der Waals surface area contributed by atoms with Crippen LogP contribution in [0.2, 0.25) is 0 Å². The Labute approximate surface area is 149 Å². The molecule has 1 aliphatic carbocycles. The zero-order valence-electron chi connectivity index (χ0n) is 15.0. The molecule has 1 fully saturated rings. The van der Waals surface area contributed by atoms with Crippen molar-refractivity contribution in [2.45, 2.75) is 32.6 Å². The van der Waals surface area contributed by atoms with Crippen molar-refractivity contribution in [3.8, 4) is 11.5 Å². The fourth-order valence-corrected chi connectivity index (χ4v) is 3.56. The molecule has 0 amide bonds. The molecule has 3 rings (SSSR count). The first-order valence-electron chi connectivity index (χ1n) is 8.91. The molecule has 0 aliphatic heterocycles. The summed E-state index contributed by atoms with van der Waals surface area (Å²) in [7, 11) is 1.62. The zero-order chi connectivity index (χ0) is 17.6. The molecule has 2 aromatic rings. The maximum atomic E-state index is 9.64. The third kappa shape index (κ3) is 4.43. The number of ether oxygens (including phenoxy) is 2. The lowest BCUT2D eigenvalue weighted by Crippen LogP contribution is -2.07. The minimum Gasteiger partial charge on any atom is -0.508 e. The van der Waals surface area contributed by atoms with Crippen LogP contribution in [0.1, 0.15) is 43.7 Å². The number of allylic oxidation sites excluding steroid dienone is 1. The fourth-order valence-electron chi connectivity index (χ4n) is 3.56. The van der Waals surface area contributed by atoms with E-state index in [1.54, 1.807) is 19.2 Å². The Hall–Kier alpha value is -2.26. The van der Waals surface area contributed by atoms with Gasteiger partial charge in [-0.3, -0.25) is 0 Å². The van der Waals surface area contributed by atoms with Crippen molar-refractivity contribution in [1.29, 1.82) is 0 Å². The summed E-state index contributed by atoms with van der Waals surface area (Å²) in [4.78, 5) is 0. The molecule has 0 spiro atoms. The van der Waals surface area contributed by atoms with Crippen molar-refractivity contribution in [3.63, 3.8) is 0 Å². The van der Waals surface area contributed by atoms with E-state index < -0.39 is 0 Å². The topological polar surface area (TPSA) is 38.7 Å². The average Bonchev–Trinajstić information content (AvgIpc) is 2.63. The Morgan fingerprint density at radius 3 is 2.28 bits per heavy atom. The molecule has 0 bridgehead atoms. The van der Waals surface area contributed by atoms with Gasteiger partial charge in [-0.05, 0) is 66.1 Å². The van der Waals surface area contributed by atoms with E-state index in [1.165, 1.54) is 29.6 Å². The van der Waals surface area contributed by atoms with Gasteiger partial charge in [0, 0.05) is 7.11 Å². The highest BCUT2D eigenvalue weighted by atomic mass is 16.7. The minimum atomic E-state index is 0.253. The highest BCUT2D eigenvalue weighted by Gasteiger charge is 2.18. The largest absolute Gasteiger partial charge is 0.508 e. The molecular weight excluding hydrogens is 312 g/mol. The molecule has 0 aromatic heterocycles. The third-order valence-electron chi connectivity index (χ3n) is 4.77. The molecule has 1 atom stereocenters. The molecule has 0 saturated heterocycles. The molecule has 3 nitrogen and oxygen atoms in total. The Morgan fingerprint density at radius 1 is 1.04 bits per heavy atom. The molecular formula is C22H26O3. The monoisotopic (exact) mass is 338 g/mol. The number of hydrogen-bond acceptors (Lipinski definition) is 3. The summed E-state index contributed by atoms with van der Waals surface area (Å²) in [5.74, 6) is 1.83. The second-order valence-electron chi connectivity index (χ2n) is 6.80. The van der Waals surface area contributed by atoms with Crippen LogP contribution in [0.4, 0.5) is 0 Å². The van der Waals surface area contributed by atoms with Crippen molar-refractivity contribution < 1.29 is 14.6 Å². The second kappa shape index (κ2) is 8.21. The lowest BCUT2D eigenvalue weighted by Gasteiger charge is -2.25. The number of aromatic hydroxyl groups is 1. The maximum Gasteiger partial charge on any atom is 0.188 e. The molecule has 0 heterocycles. The smallest absolute Gasteiger partial charge is 0.188 e. The Bertz CT molecular complexity index is 714. The summed E-state index contributed by atoms with van der Waals surface area (Å²) in [5.41, 5.74) is 5.16. The van der Waals surface area contributed by atoms with Crippen LogP contribution in [0.25, 0.3) is 5.57 Å². The summed E-state index contributed by atoms with van der Waals surface area (Å²) in [5, 5.41) is 9.64. The van der Waals surface area contributed by atoms with E-state index in [-0.39, 0.29) is 6.79 Å². The van der Waals surface area contributed by atoms with Gasteiger partial charge in [0.2, 0.25) is 0 Å². The number of benzene rings is 2. The quantitative estimate of drug-likeness (QED) is 0.743. The van der Waals surface area contributed by atoms with E-state index in [1.807, 2.05) is 24.3 Å². The van der Waals surface area contributed by atoms with Crippen molar-refractivity contribution >= 4 is 5.57 Å². The zero-order valence-corrected chi connectivity index (χ0v) is 15.0. The first-order valence-corrected chi connectivity index (χ1v) is 8.91. The summed E-state index contributed by atoms with van der Waals surface area (Å²) in [6, 6.07) is 15.7. The molecule has 1 N–H and O–H groups in total. The Balaban J connectivity index is 1.99. The van der Waals surface area contributed by atoms with Gasteiger partial charge in [0.1, 0.15) is 11.5 Å². The highest BCUT2D eigenvalue weighted by molar-refractivity contribution is 5.82. The molecule has 3 heteroatoms. The van der Waals surface area contributed by atoms with Crippen LogP contribution in [-0.4, -0.2) is 19.0 Å². The number of hydrogen-bond donors (Lipinski definition) is 1. The molecule has 1 saturated carbocycles. The maximum absolute atomic E-state index is 9.64. The molecule has 132 valence electrons. The standard InChI is InChI=1S/C22H26O3/c1-16-4-3-5-19(14-16)22(17-6-10-20(23)11-7-17)18-8-12-21(13-9-18)25-15-24-2/h6-13,16,23H,3-5,14-15H2,1-2H3/b22-19+. The molecule has 1 unspecified atom stereocenters. The van der Waals surface area contributed by atoms with Crippen molar-refractivity contribution in [2.75, 3.05) is 13.9 Å². The van der Waals surface area contributed by atoms with Gasteiger partial charge in [0.15, 0.2) is 6.79 Å². The van der Waals surface area contributed by atoms with Gasteiger partial charge in [-0.2, -0.15) is 0 Å². The van der Waals surface area contributed by atoms with E-state index in [9.17, 15) is 5.11 Å². The average molecular weight is 338 g/mol. The minimum absolute atomic E-state index is 0.253. The first-order chi connectivity index (χ1) is 12.2. The Morgan fingerprint density at radius 2 is 1.68 bits per heavy atom. The molecule has 25 heavy (non-hydrogen) atoms. The predicted octanol–water partition coefficient (Wildman–Crippen LogP) is 5.39. The summed E-state index contributed by atoms with van der Waals surface area (Å²) >= 11 is 0. The van der Waals surface area contributed by atoms with Crippen LogP contribution in [0.5, 0.6) is 11.5 Å². The Kier molecular flexibility index (Phi) is 5.77. The summed E-state index contributed by atoms with van der Waals surface area (Å²) < 4.78 is 10.5. The van der Waals surface area contributed by atoms with Gasteiger partial charge in [-0.1, -0.05) is 43.2 Å². The second-order valence-corrected chi connectivity index (χ2v) is 6.80. The van der Waals surface area contributed by atoms with E-state index in [4.69, 9.17) is 9.47 Å². The van der Waals surface area contributed by atoms with E-state index in [0.717, 1.165) is 30.1 Å². The van der Waals surface area contributed by atoms with E-state index >= 15 is 0 Å². The van der Waals surface area contributed by atoms with Crippen LogP contribution in [0.15, 0.2) is 54.1 Å². The van der Waals surface area contributed by atoms with Crippen LogP contribution in [0, 0.1) is 5.92 Å². The van der Waals surface area contributed by atoms with Gasteiger partial charge < -0.3 is 14.6 Å². The van der Waals surface area contributed by atoms with Gasteiger partial charge in [0.05, 0.1) is 0 Å². The first kappa shape index (κ1) is 17.6. The van der Waals surface area contributed by atoms with Crippen molar-refractivity contribution in [3.05, 3.63) is 65.2 Å². The summed E-state index contributed by atoms with van der Waals surface area (Å²) in [6.07, 6.45) is 4.82. The fraction of sp³-hybridized carbons (Fsp3) is 0.364. The predicted molar refractivity (Wildman–Crippen MR) is 101 cm³/mol. The summed E-state index contributed by atoms with van der Waals surface area (Å²) in [6.45, 7) is 2.58. The van der Waals surface area contributed by atoms with Crippen molar-refractivity contribution in [2.24, 2.45) is 5.92 Å². The third-order valence-corrected chi connectivity index (χ3v) is 4.77. The van der Waals surface area contributed by atoms with Crippen LogP contribution < -0.4 is 4.74 Å². The number of phenolic OH excluding ortho intramolecular Hbond substituents is 1. The van der Waals surface area contributed by atoms with Gasteiger partial charge in [-0.25, -0.2) is 0 Å². The van der Waals surface area contributed by atoms with Gasteiger partial charge in [0.25, 0.3) is 0 Å². The van der Waals surface area contributed by atoms with Crippen LogP contribution >= 0.6 is 0 Å². The number of phenols is 1. The highest BCUT2D eigenvalue weighted by Crippen LogP contribution is 2.37. The normalized spacial score (nSPS) is 19.5. The molecule has 0 radical (unpaired) electrons. The lowest BCUT2D eigenvalue weighted by atomic mass is 9.81. The number of methoxy groups -OCH3 is 1.